The molecule has 0 aliphatic heterocycles. The molecule has 0 radical (unpaired) electrons. The fourth-order valence-corrected chi connectivity index (χ4v) is 3.18. The van der Waals surface area contributed by atoms with Gasteiger partial charge in [0.2, 0.25) is 11.8 Å². The van der Waals surface area contributed by atoms with E-state index in [1.165, 1.54) is 30.1 Å². The van der Waals surface area contributed by atoms with Crippen LogP contribution in [0, 0.1) is 6.92 Å². The van der Waals surface area contributed by atoms with Crippen LogP contribution in [0.2, 0.25) is 0 Å². The minimum Gasteiger partial charge on any atom is -0.369 e. The molecule has 0 aliphatic rings. The normalized spacial score (nSPS) is 10.0. The molecule has 1 aromatic heterocycles. The Morgan fingerprint density at radius 1 is 1.42 bits per heavy atom. The number of thiazole rings is 1. The van der Waals surface area contributed by atoms with Gasteiger partial charge in [-0.3, -0.25) is 14.9 Å². The number of hydrogen-bond acceptors (Lipinski definition) is 6. The number of carbonyl (C=O) groups is 3. The number of hydrogen-bond donors (Lipinski definition) is 3. The van der Waals surface area contributed by atoms with E-state index >= 15 is 0 Å². The quantitative estimate of drug-likeness (QED) is 0.664. The van der Waals surface area contributed by atoms with Crippen molar-refractivity contribution >= 4 is 40.9 Å². The molecule has 1 aromatic rings. The van der Waals surface area contributed by atoms with E-state index in [4.69, 9.17) is 5.73 Å². The van der Waals surface area contributed by atoms with Crippen LogP contribution >= 0.6 is 23.1 Å². The van der Waals surface area contributed by atoms with Crippen molar-refractivity contribution in [2.75, 3.05) is 12.8 Å². The highest BCUT2D eigenvalue weighted by molar-refractivity contribution is 8.01. The highest BCUT2D eigenvalue weighted by Crippen LogP contribution is 2.27. The Kier molecular flexibility index (Phi) is 5.77. The summed E-state index contributed by atoms with van der Waals surface area (Å²) in [5, 5.41) is 4.43. The van der Waals surface area contributed by atoms with E-state index in [0.29, 0.717) is 4.34 Å². The third-order valence-corrected chi connectivity index (χ3v) is 4.31. The number of rotatable bonds is 5. The summed E-state index contributed by atoms with van der Waals surface area (Å²) in [4.78, 5) is 38.1. The van der Waals surface area contributed by atoms with Crippen LogP contribution in [-0.4, -0.2) is 35.6 Å². The highest BCUT2D eigenvalue weighted by Gasteiger charge is 2.12. The topological polar surface area (TPSA) is 114 Å². The third kappa shape index (κ3) is 5.26. The van der Waals surface area contributed by atoms with Crippen molar-refractivity contribution in [1.29, 1.82) is 0 Å². The Hall–Kier alpha value is -1.61. The molecule has 0 unspecified atom stereocenters. The van der Waals surface area contributed by atoms with Gasteiger partial charge in [0.25, 0.3) is 0 Å². The maximum atomic E-state index is 11.4. The van der Waals surface area contributed by atoms with Crippen molar-refractivity contribution in [3.8, 4) is 0 Å². The average molecular weight is 302 g/mol. The number of carbonyl (C=O) groups excluding carboxylic acids is 3. The van der Waals surface area contributed by atoms with Gasteiger partial charge in [0, 0.05) is 11.9 Å². The lowest BCUT2D eigenvalue weighted by Crippen LogP contribution is -2.38. The summed E-state index contributed by atoms with van der Waals surface area (Å²) < 4.78 is 0.667. The minimum absolute atomic E-state index is 0.0797. The van der Waals surface area contributed by atoms with Crippen LogP contribution in [0.4, 0.5) is 4.79 Å². The minimum atomic E-state index is -0.546. The zero-order valence-electron chi connectivity index (χ0n) is 10.5. The summed E-state index contributed by atoms with van der Waals surface area (Å²) in [5.41, 5.74) is 5.85. The molecule has 1 heterocycles. The Morgan fingerprint density at radius 2 is 2.11 bits per heavy atom. The Labute approximate surface area is 118 Å². The number of primary amides is 1. The number of aryl methyl sites for hydroxylation is 1. The SMILES string of the molecule is CNC(=O)NC(=O)CSc1nc(C)c(CC(N)=O)s1. The molecule has 0 fully saturated rings. The number of thioether (sulfide) groups is 1. The number of urea groups is 1. The summed E-state index contributed by atoms with van der Waals surface area (Å²) >= 11 is 2.53. The largest absolute Gasteiger partial charge is 0.369 e. The third-order valence-electron chi connectivity index (χ3n) is 2.01. The number of nitrogens with zero attached hydrogens (tertiary/aromatic N) is 1. The molecule has 0 atom stereocenters. The molecule has 9 heteroatoms. The molecule has 104 valence electrons. The van der Waals surface area contributed by atoms with Gasteiger partial charge >= 0.3 is 6.03 Å². The molecule has 0 aliphatic carbocycles. The smallest absolute Gasteiger partial charge is 0.321 e. The Morgan fingerprint density at radius 3 is 2.68 bits per heavy atom. The van der Waals surface area contributed by atoms with Gasteiger partial charge in [-0.2, -0.15) is 0 Å². The summed E-state index contributed by atoms with van der Waals surface area (Å²) in [6.45, 7) is 1.78. The molecule has 1 rings (SSSR count). The van der Waals surface area contributed by atoms with E-state index < -0.39 is 17.8 Å². The second-order valence-electron chi connectivity index (χ2n) is 3.55. The van der Waals surface area contributed by atoms with Crippen LogP contribution < -0.4 is 16.4 Å². The maximum absolute atomic E-state index is 11.4. The summed E-state index contributed by atoms with van der Waals surface area (Å²) in [6, 6.07) is -0.546. The van der Waals surface area contributed by atoms with Crippen LogP contribution in [0.1, 0.15) is 10.6 Å². The van der Waals surface area contributed by atoms with Crippen LogP contribution in [0.15, 0.2) is 4.34 Å². The van der Waals surface area contributed by atoms with Gasteiger partial charge in [0.1, 0.15) is 0 Å². The Balaban J connectivity index is 2.52. The molecule has 7 nitrogen and oxygen atoms in total. The number of amides is 4. The molecule has 4 amide bonds. The standard InChI is InChI=1S/C10H14N4O3S2/c1-5-6(3-7(11)15)19-10(13-5)18-4-8(16)14-9(17)12-2/h3-4H2,1-2H3,(H2,11,15)(H2,12,14,16,17). The van der Waals surface area contributed by atoms with Gasteiger partial charge in [-0.05, 0) is 6.92 Å². The van der Waals surface area contributed by atoms with Gasteiger partial charge in [-0.25, -0.2) is 9.78 Å². The van der Waals surface area contributed by atoms with Crippen molar-refractivity contribution < 1.29 is 14.4 Å². The predicted octanol–water partition coefficient (Wildman–Crippen LogP) is 0.0270. The fraction of sp³-hybridized carbons (Fsp3) is 0.400. The number of imide groups is 1. The maximum Gasteiger partial charge on any atom is 0.321 e. The molecule has 0 spiro atoms. The molecule has 19 heavy (non-hydrogen) atoms. The second-order valence-corrected chi connectivity index (χ2v) is 5.85. The lowest BCUT2D eigenvalue weighted by atomic mass is 10.3. The molecule has 0 saturated heterocycles. The first kappa shape index (κ1) is 15.4. The lowest BCUT2D eigenvalue weighted by molar-refractivity contribution is -0.118. The van der Waals surface area contributed by atoms with Gasteiger partial charge in [0.15, 0.2) is 4.34 Å². The molecule has 0 saturated carbocycles. The summed E-state index contributed by atoms with van der Waals surface area (Å²) in [6.07, 6.45) is 0.147. The van der Waals surface area contributed by atoms with E-state index in [1.54, 1.807) is 6.92 Å². The lowest BCUT2D eigenvalue weighted by Gasteiger charge is -2.00. The van der Waals surface area contributed by atoms with E-state index in [1.807, 2.05) is 0 Å². The number of nitrogens with two attached hydrogens (primary N) is 1. The first-order valence-corrected chi connectivity index (χ1v) is 7.11. The van der Waals surface area contributed by atoms with E-state index in [-0.39, 0.29) is 12.2 Å². The van der Waals surface area contributed by atoms with E-state index in [0.717, 1.165) is 10.6 Å². The van der Waals surface area contributed by atoms with Gasteiger partial charge in [-0.1, -0.05) is 11.8 Å². The molecule has 0 bridgehead atoms. The van der Waals surface area contributed by atoms with Gasteiger partial charge in [-0.15, -0.1) is 11.3 Å². The van der Waals surface area contributed by atoms with Crippen LogP contribution in [0.3, 0.4) is 0 Å². The zero-order chi connectivity index (χ0) is 14.4. The van der Waals surface area contributed by atoms with E-state index in [2.05, 4.69) is 15.6 Å². The number of nitrogens with one attached hydrogen (secondary N) is 2. The predicted molar refractivity (Wildman–Crippen MR) is 73.1 cm³/mol. The monoisotopic (exact) mass is 302 g/mol. The summed E-state index contributed by atoms with van der Waals surface area (Å²) in [5.74, 6) is -0.745. The van der Waals surface area contributed by atoms with Crippen LogP contribution in [0.5, 0.6) is 0 Å². The molecular formula is C10H14N4O3S2. The van der Waals surface area contributed by atoms with E-state index in [9.17, 15) is 14.4 Å². The molecular weight excluding hydrogens is 288 g/mol. The van der Waals surface area contributed by atoms with Gasteiger partial charge in [0.05, 0.1) is 17.9 Å². The van der Waals surface area contributed by atoms with Crippen molar-refractivity contribution in [3.05, 3.63) is 10.6 Å². The first-order chi connectivity index (χ1) is 8.92. The van der Waals surface area contributed by atoms with Crippen molar-refractivity contribution in [1.82, 2.24) is 15.6 Å². The van der Waals surface area contributed by atoms with Crippen molar-refractivity contribution in [3.63, 3.8) is 0 Å². The highest BCUT2D eigenvalue weighted by atomic mass is 32.2. The van der Waals surface area contributed by atoms with Crippen molar-refractivity contribution in [2.45, 2.75) is 17.7 Å². The van der Waals surface area contributed by atoms with Crippen molar-refractivity contribution in [2.24, 2.45) is 5.73 Å². The summed E-state index contributed by atoms with van der Waals surface area (Å²) in [7, 11) is 1.43. The second kappa shape index (κ2) is 7.10. The molecule has 0 aromatic carbocycles. The first-order valence-electron chi connectivity index (χ1n) is 5.31. The van der Waals surface area contributed by atoms with Crippen LogP contribution in [-0.2, 0) is 16.0 Å². The fourth-order valence-electron chi connectivity index (χ4n) is 1.14. The average Bonchev–Trinajstić information content (AvgIpc) is 2.66. The Bertz CT molecular complexity index is 501. The molecule has 4 N–H and O–H groups in total. The number of aromatic nitrogens is 1. The zero-order valence-corrected chi connectivity index (χ0v) is 12.1. The van der Waals surface area contributed by atoms with Crippen LogP contribution in [0.25, 0.3) is 0 Å². The van der Waals surface area contributed by atoms with Gasteiger partial charge < -0.3 is 11.1 Å².